The summed E-state index contributed by atoms with van der Waals surface area (Å²) in [6, 6.07) is 4.33. The lowest BCUT2D eigenvalue weighted by atomic mass is 9.87. The molecule has 1 N–H and O–H groups in total. The number of aliphatic hydroxyl groups is 1. The number of rotatable bonds is 7. The van der Waals surface area contributed by atoms with Gasteiger partial charge in [-0.3, -0.25) is 0 Å². The number of furan rings is 1. The zero-order valence-electron chi connectivity index (χ0n) is 12.6. The van der Waals surface area contributed by atoms with Gasteiger partial charge in [-0.2, -0.15) is 0 Å². The summed E-state index contributed by atoms with van der Waals surface area (Å²) in [6.45, 7) is 3.79. The van der Waals surface area contributed by atoms with E-state index in [2.05, 4.69) is 18.9 Å². The largest absolute Gasteiger partial charge is 0.467 e. The maximum atomic E-state index is 10.0. The van der Waals surface area contributed by atoms with Gasteiger partial charge in [0.2, 0.25) is 0 Å². The molecule has 1 heterocycles. The lowest BCUT2D eigenvalue weighted by molar-refractivity contribution is -0.000433. The molecule has 114 valence electrons. The molecule has 2 rings (SSSR count). The normalized spacial score (nSPS) is 25.0. The molecule has 1 aliphatic carbocycles. The summed E-state index contributed by atoms with van der Waals surface area (Å²) in [5.74, 6) is 1.66. The highest BCUT2D eigenvalue weighted by atomic mass is 16.5. The van der Waals surface area contributed by atoms with E-state index in [9.17, 15) is 5.11 Å². The highest BCUT2D eigenvalue weighted by Gasteiger charge is 2.23. The molecule has 1 aromatic heterocycles. The summed E-state index contributed by atoms with van der Waals surface area (Å²) >= 11 is 0. The van der Waals surface area contributed by atoms with Gasteiger partial charge in [-0.25, -0.2) is 0 Å². The third-order valence-corrected chi connectivity index (χ3v) is 4.24. The Labute approximate surface area is 121 Å². The quantitative estimate of drug-likeness (QED) is 0.834. The van der Waals surface area contributed by atoms with Crippen molar-refractivity contribution in [2.24, 2.45) is 5.92 Å². The van der Waals surface area contributed by atoms with Crippen molar-refractivity contribution in [2.75, 3.05) is 20.2 Å². The van der Waals surface area contributed by atoms with Gasteiger partial charge in [-0.15, -0.1) is 0 Å². The van der Waals surface area contributed by atoms with E-state index in [1.165, 1.54) is 25.7 Å². The molecule has 0 bridgehead atoms. The fourth-order valence-corrected chi connectivity index (χ4v) is 2.91. The first-order chi connectivity index (χ1) is 9.65. The van der Waals surface area contributed by atoms with Gasteiger partial charge in [-0.1, -0.05) is 6.92 Å². The summed E-state index contributed by atoms with van der Waals surface area (Å²) in [7, 11) is 2.11. The number of aliphatic hydroxyl groups excluding tert-OH is 1. The van der Waals surface area contributed by atoms with E-state index >= 15 is 0 Å². The fraction of sp³-hybridized carbons (Fsp3) is 0.750. The van der Waals surface area contributed by atoms with Gasteiger partial charge in [0, 0.05) is 12.6 Å². The van der Waals surface area contributed by atoms with Gasteiger partial charge in [0.15, 0.2) is 0 Å². The zero-order valence-corrected chi connectivity index (χ0v) is 12.6. The highest BCUT2D eigenvalue weighted by Crippen LogP contribution is 2.26. The standard InChI is InChI=1S/C16H27NO3/c1-13-5-7-14(8-6-13)17(2)10-15(18)11-19-12-16-4-3-9-20-16/h3-4,9,13-15,18H,5-8,10-12H2,1-2H3. The number of hydrogen-bond acceptors (Lipinski definition) is 4. The van der Waals surface area contributed by atoms with Crippen molar-refractivity contribution >= 4 is 0 Å². The number of likely N-dealkylation sites (N-methyl/N-ethyl adjacent to an activating group) is 1. The molecular formula is C16H27NO3. The Morgan fingerprint density at radius 1 is 1.40 bits per heavy atom. The first kappa shape index (κ1) is 15.5. The average Bonchev–Trinajstić information content (AvgIpc) is 2.92. The summed E-state index contributed by atoms with van der Waals surface area (Å²) in [4.78, 5) is 2.28. The molecule has 0 saturated heterocycles. The monoisotopic (exact) mass is 281 g/mol. The van der Waals surface area contributed by atoms with E-state index in [0.29, 0.717) is 25.8 Å². The molecule has 1 aromatic rings. The van der Waals surface area contributed by atoms with Crippen LogP contribution in [0.3, 0.4) is 0 Å². The molecule has 0 spiro atoms. The van der Waals surface area contributed by atoms with Crippen LogP contribution in [0.4, 0.5) is 0 Å². The fourth-order valence-electron chi connectivity index (χ4n) is 2.91. The molecule has 1 atom stereocenters. The van der Waals surface area contributed by atoms with Crippen molar-refractivity contribution < 1.29 is 14.3 Å². The number of ether oxygens (including phenoxy) is 1. The van der Waals surface area contributed by atoms with Gasteiger partial charge < -0.3 is 19.2 Å². The molecule has 20 heavy (non-hydrogen) atoms. The molecule has 0 radical (unpaired) electrons. The molecule has 0 amide bonds. The zero-order chi connectivity index (χ0) is 14.4. The minimum atomic E-state index is -0.436. The predicted octanol–water partition coefficient (Wildman–Crippen LogP) is 2.67. The maximum Gasteiger partial charge on any atom is 0.129 e. The van der Waals surface area contributed by atoms with Crippen LogP contribution in [0.5, 0.6) is 0 Å². The maximum absolute atomic E-state index is 10.0. The van der Waals surface area contributed by atoms with Crippen LogP contribution in [0.25, 0.3) is 0 Å². The predicted molar refractivity (Wildman–Crippen MR) is 78.4 cm³/mol. The molecule has 0 aromatic carbocycles. The van der Waals surface area contributed by atoms with Crippen molar-refractivity contribution in [3.8, 4) is 0 Å². The topological polar surface area (TPSA) is 45.8 Å². The van der Waals surface area contributed by atoms with Crippen LogP contribution in [0.2, 0.25) is 0 Å². The van der Waals surface area contributed by atoms with Crippen LogP contribution in [-0.4, -0.2) is 42.4 Å². The van der Waals surface area contributed by atoms with Crippen molar-refractivity contribution in [1.82, 2.24) is 4.90 Å². The third-order valence-electron chi connectivity index (χ3n) is 4.24. The second-order valence-corrected chi connectivity index (χ2v) is 6.10. The Morgan fingerprint density at radius 2 is 2.15 bits per heavy atom. The van der Waals surface area contributed by atoms with Crippen molar-refractivity contribution in [2.45, 2.75) is 51.4 Å². The second-order valence-electron chi connectivity index (χ2n) is 6.10. The smallest absolute Gasteiger partial charge is 0.129 e. The van der Waals surface area contributed by atoms with E-state index in [1.54, 1.807) is 6.26 Å². The van der Waals surface area contributed by atoms with Crippen molar-refractivity contribution in [3.05, 3.63) is 24.2 Å². The summed E-state index contributed by atoms with van der Waals surface area (Å²) < 4.78 is 10.7. The van der Waals surface area contributed by atoms with E-state index in [1.807, 2.05) is 12.1 Å². The Hall–Kier alpha value is -0.840. The van der Waals surface area contributed by atoms with Gasteiger partial charge in [-0.05, 0) is 50.8 Å². The Balaban J connectivity index is 1.62. The summed E-state index contributed by atoms with van der Waals surface area (Å²) in [6.07, 6.45) is 6.30. The molecule has 1 fully saturated rings. The van der Waals surface area contributed by atoms with Gasteiger partial charge in [0.25, 0.3) is 0 Å². The van der Waals surface area contributed by atoms with Crippen molar-refractivity contribution in [1.29, 1.82) is 0 Å². The van der Waals surface area contributed by atoms with E-state index in [-0.39, 0.29) is 0 Å². The van der Waals surface area contributed by atoms with E-state index in [4.69, 9.17) is 9.15 Å². The number of hydrogen-bond donors (Lipinski definition) is 1. The first-order valence-corrected chi connectivity index (χ1v) is 7.63. The lowest BCUT2D eigenvalue weighted by Crippen LogP contribution is -2.40. The van der Waals surface area contributed by atoms with E-state index in [0.717, 1.165) is 11.7 Å². The third kappa shape index (κ3) is 4.93. The van der Waals surface area contributed by atoms with Crippen LogP contribution >= 0.6 is 0 Å². The van der Waals surface area contributed by atoms with Crippen LogP contribution in [-0.2, 0) is 11.3 Å². The Bertz CT molecular complexity index is 358. The van der Waals surface area contributed by atoms with Crippen LogP contribution in [0, 0.1) is 5.92 Å². The Morgan fingerprint density at radius 3 is 2.80 bits per heavy atom. The van der Waals surface area contributed by atoms with Crippen LogP contribution in [0.1, 0.15) is 38.4 Å². The second kappa shape index (κ2) is 7.81. The van der Waals surface area contributed by atoms with Crippen LogP contribution in [0.15, 0.2) is 22.8 Å². The summed E-state index contributed by atoms with van der Waals surface area (Å²) in [5.41, 5.74) is 0. The Kier molecular flexibility index (Phi) is 6.07. The minimum Gasteiger partial charge on any atom is -0.467 e. The van der Waals surface area contributed by atoms with E-state index < -0.39 is 6.10 Å². The van der Waals surface area contributed by atoms with Gasteiger partial charge >= 0.3 is 0 Å². The molecule has 1 unspecified atom stereocenters. The number of nitrogens with zero attached hydrogens (tertiary/aromatic N) is 1. The molecule has 4 heteroatoms. The van der Waals surface area contributed by atoms with Gasteiger partial charge in [0.1, 0.15) is 12.4 Å². The van der Waals surface area contributed by atoms with Crippen molar-refractivity contribution in [3.63, 3.8) is 0 Å². The minimum absolute atomic E-state index is 0.355. The lowest BCUT2D eigenvalue weighted by Gasteiger charge is -2.34. The molecular weight excluding hydrogens is 254 g/mol. The first-order valence-electron chi connectivity index (χ1n) is 7.63. The molecule has 0 aliphatic heterocycles. The summed E-state index contributed by atoms with van der Waals surface area (Å²) in [5, 5.41) is 10.0. The average molecular weight is 281 g/mol. The van der Waals surface area contributed by atoms with Crippen LogP contribution < -0.4 is 0 Å². The highest BCUT2D eigenvalue weighted by molar-refractivity contribution is 4.96. The molecule has 1 saturated carbocycles. The SMILES string of the molecule is CC1CCC(N(C)CC(O)COCc2ccco2)CC1. The van der Waals surface area contributed by atoms with Gasteiger partial charge in [0.05, 0.1) is 19.0 Å². The molecule has 1 aliphatic rings. The molecule has 4 nitrogen and oxygen atoms in total.